The minimum Gasteiger partial charge on any atom is -0.412 e. The van der Waals surface area contributed by atoms with Crippen LogP contribution in [0.2, 0.25) is 0 Å². The molecule has 3 N–H and O–H groups in total. The highest BCUT2D eigenvalue weighted by Crippen LogP contribution is 2.19. The van der Waals surface area contributed by atoms with Crippen LogP contribution in [0.15, 0.2) is 35.8 Å². The molecule has 1 saturated heterocycles. The fourth-order valence-electron chi connectivity index (χ4n) is 2.72. The van der Waals surface area contributed by atoms with Crippen molar-refractivity contribution in [2.24, 2.45) is 0 Å². The molecule has 1 amide bonds. The Morgan fingerprint density at radius 3 is 2.36 bits per heavy atom. The maximum Gasteiger partial charge on any atom is 0.217 e. The van der Waals surface area contributed by atoms with Gasteiger partial charge < -0.3 is 15.7 Å². The summed E-state index contributed by atoms with van der Waals surface area (Å²) >= 11 is 1.71. The molecule has 25 heavy (non-hydrogen) atoms. The fourth-order valence-corrected chi connectivity index (χ4v) is 3.41. The van der Waals surface area contributed by atoms with Crippen LogP contribution in [0.1, 0.15) is 18.1 Å². The minimum absolute atomic E-state index is 0. The number of carbonyl (C=O) groups excluding carboxylic acids is 1. The molecule has 0 saturated carbocycles. The van der Waals surface area contributed by atoms with Crippen molar-refractivity contribution < 1.29 is 10.3 Å². The highest BCUT2D eigenvalue weighted by molar-refractivity contribution is 7.13. The average molecular weight is 385 g/mol. The molecule has 0 atom stereocenters. The van der Waals surface area contributed by atoms with Crippen LogP contribution in [-0.2, 0) is 17.9 Å². The molecule has 1 aromatic carbocycles. The molecule has 1 aromatic heterocycles. The van der Waals surface area contributed by atoms with E-state index in [2.05, 4.69) is 44.4 Å². The Morgan fingerprint density at radius 2 is 1.80 bits per heavy atom. The van der Waals surface area contributed by atoms with Crippen LogP contribution in [0.4, 0.5) is 5.13 Å². The molecule has 3 rings (SSSR count). The van der Waals surface area contributed by atoms with Crippen LogP contribution >= 0.6 is 23.7 Å². The minimum atomic E-state index is 0. The number of hydrogen-bond acceptors (Lipinski definition) is 5. The van der Waals surface area contributed by atoms with Gasteiger partial charge in [-0.1, -0.05) is 24.3 Å². The first-order chi connectivity index (χ1) is 11.2. The van der Waals surface area contributed by atoms with Gasteiger partial charge in [0.15, 0.2) is 5.13 Å². The number of anilines is 1. The first kappa shape index (κ1) is 21.4. The molecular weight excluding hydrogens is 360 g/mol. The SMILES string of the molecule is CC(=O)NCc1ccc(CN2CCN(c3nccs3)CC2)cc1.Cl.O. The number of amides is 1. The van der Waals surface area contributed by atoms with E-state index in [0.29, 0.717) is 6.54 Å². The van der Waals surface area contributed by atoms with Gasteiger partial charge in [0, 0.05) is 57.8 Å². The molecule has 6 nitrogen and oxygen atoms in total. The normalized spacial score (nSPS) is 14.4. The summed E-state index contributed by atoms with van der Waals surface area (Å²) in [4.78, 5) is 20.2. The van der Waals surface area contributed by atoms with Gasteiger partial charge in [-0.3, -0.25) is 9.69 Å². The van der Waals surface area contributed by atoms with E-state index in [1.165, 1.54) is 5.56 Å². The number of aromatic nitrogens is 1. The second kappa shape index (κ2) is 10.4. The summed E-state index contributed by atoms with van der Waals surface area (Å²) in [6.45, 7) is 7.32. The summed E-state index contributed by atoms with van der Waals surface area (Å²) in [6, 6.07) is 8.50. The van der Waals surface area contributed by atoms with Crippen LogP contribution in [0.5, 0.6) is 0 Å². The number of benzene rings is 1. The summed E-state index contributed by atoms with van der Waals surface area (Å²) in [7, 11) is 0. The number of thiazole rings is 1. The number of piperazine rings is 1. The lowest BCUT2D eigenvalue weighted by Crippen LogP contribution is -2.45. The lowest BCUT2D eigenvalue weighted by Gasteiger charge is -2.34. The Labute approximate surface area is 158 Å². The Hall–Kier alpha value is -1.67. The molecular formula is C17H25ClN4O2S. The van der Waals surface area contributed by atoms with E-state index >= 15 is 0 Å². The third kappa shape index (κ3) is 6.28. The topological polar surface area (TPSA) is 80.0 Å². The molecule has 0 spiro atoms. The molecule has 2 aromatic rings. The van der Waals surface area contributed by atoms with E-state index < -0.39 is 0 Å². The molecule has 0 bridgehead atoms. The Balaban J connectivity index is 0.00000156. The van der Waals surface area contributed by atoms with Crippen molar-refractivity contribution in [3.63, 3.8) is 0 Å². The number of carbonyl (C=O) groups is 1. The van der Waals surface area contributed by atoms with Crippen molar-refractivity contribution in [3.05, 3.63) is 47.0 Å². The van der Waals surface area contributed by atoms with Gasteiger partial charge in [0.1, 0.15) is 0 Å². The predicted molar refractivity (Wildman–Crippen MR) is 104 cm³/mol. The van der Waals surface area contributed by atoms with Gasteiger partial charge >= 0.3 is 0 Å². The highest BCUT2D eigenvalue weighted by atomic mass is 35.5. The molecule has 1 fully saturated rings. The number of rotatable bonds is 5. The van der Waals surface area contributed by atoms with Gasteiger partial charge in [-0.25, -0.2) is 4.98 Å². The summed E-state index contributed by atoms with van der Waals surface area (Å²) in [5.41, 5.74) is 2.46. The quantitative estimate of drug-likeness (QED) is 0.850. The van der Waals surface area contributed by atoms with Gasteiger partial charge in [-0.2, -0.15) is 0 Å². The van der Waals surface area contributed by atoms with Gasteiger partial charge in [0.2, 0.25) is 5.91 Å². The number of halogens is 1. The third-order valence-electron chi connectivity index (χ3n) is 4.03. The zero-order valence-electron chi connectivity index (χ0n) is 14.3. The first-order valence-electron chi connectivity index (χ1n) is 7.90. The van der Waals surface area contributed by atoms with E-state index in [0.717, 1.165) is 43.4 Å². The summed E-state index contributed by atoms with van der Waals surface area (Å²) in [5.74, 6) is 0.00665. The van der Waals surface area contributed by atoms with Crippen LogP contribution < -0.4 is 10.2 Å². The van der Waals surface area contributed by atoms with Gasteiger partial charge in [0.05, 0.1) is 0 Å². The van der Waals surface area contributed by atoms with Crippen molar-refractivity contribution in [2.45, 2.75) is 20.0 Å². The fraction of sp³-hybridized carbons (Fsp3) is 0.412. The predicted octanol–water partition coefficient (Wildman–Crippen LogP) is 1.70. The van der Waals surface area contributed by atoms with Crippen LogP contribution in [0, 0.1) is 0 Å². The van der Waals surface area contributed by atoms with E-state index in [-0.39, 0.29) is 23.8 Å². The number of nitrogens with zero attached hydrogens (tertiary/aromatic N) is 3. The largest absolute Gasteiger partial charge is 0.412 e. The van der Waals surface area contributed by atoms with Crippen molar-refractivity contribution in [1.29, 1.82) is 0 Å². The Kier molecular flexibility index (Phi) is 8.85. The van der Waals surface area contributed by atoms with E-state index in [4.69, 9.17) is 0 Å². The number of nitrogens with one attached hydrogen (secondary N) is 1. The van der Waals surface area contributed by atoms with Crippen LogP contribution in [0.25, 0.3) is 0 Å². The molecule has 0 aliphatic carbocycles. The standard InChI is InChI=1S/C17H22N4OS.ClH.H2O/c1-14(22)19-12-15-2-4-16(5-3-15)13-20-7-9-21(10-8-20)17-18-6-11-23-17;;/h2-6,11H,7-10,12-13H2,1H3,(H,19,22);1H;1H2. The number of hydrogen-bond donors (Lipinski definition) is 1. The second-order valence-electron chi connectivity index (χ2n) is 5.80. The molecule has 2 heterocycles. The summed E-state index contributed by atoms with van der Waals surface area (Å²) in [5, 5.41) is 5.98. The molecule has 1 aliphatic heterocycles. The van der Waals surface area contributed by atoms with Crippen molar-refractivity contribution in [1.82, 2.24) is 15.2 Å². The molecule has 0 radical (unpaired) electrons. The van der Waals surface area contributed by atoms with Crippen molar-refractivity contribution in [3.8, 4) is 0 Å². The van der Waals surface area contributed by atoms with Gasteiger partial charge in [0.25, 0.3) is 0 Å². The maximum absolute atomic E-state index is 10.9. The first-order valence-corrected chi connectivity index (χ1v) is 8.78. The summed E-state index contributed by atoms with van der Waals surface area (Å²) < 4.78 is 0. The molecule has 138 valence electrons. The zero-order chi connectivity index (χ0) is 16.1. The molecule has 1 aliphatic rings. The van der Waals surface area contributed by atoms with E-state index in [1.54, 1.807) is 18.3 Å². The highest BCUT2D eigenvalue weighted by Gasteiger charge is 2.18. The average Bonchev–Trinajstić information content (AvgIpc) is 3.09. The van der Waals surface area contributed by atoms with Gasteiger partial charge in [-0.15, -0.1) is 23.7 Å². The van der Waals surface area contributed by atoms with Gasteiger partial charge in [-0.05, 0) is 11.1 Å². The zero-order valence-corrected chi connectivity index (χ0v) is 15.9. The molecule has 0 unspecified atom stereocenters. The van der Waals surface area contributed by atoms with E-state index in [9.17, 15) is 4.79 Å². The van der Waals surface area contributed by atoms with Crippen molar-refractivity contribution in [2.75, 3.05) is 31.1 Å². The Bertz CT molecular complexity index is 629. The second-order valence-corrected chi connectivity index (χ2v) is 6.68. The van der Waals surface area contributed by atoms with Crippen molar-refractivity contribution >= 4 is 34.8 Å². The smallest absolute Gasteiger partial charge is 0.217 e. The summed E-state index contributed by atoms with van der Waals surface area (Å²) in [6.07, 6.45) is 1.87. The lowest BCUT2D eigenvalue weighted by atomic mass is 10.1. The monoisotopic (exact) mass is 384 g/mol. The van der Waals surface area contributed by atoms with Crippen LogP contribution in [0.3, 0.4) is 0 Å². The Morgan fingerprint density at radius 1 is 1.16 bits per heavy atom. The van der Waals surface area contributed by atoms with E-state index in [1.807, 2.05) is 11.6 Å². The molecule has 8 heteroatoms. The maximum atomic E-state index is 10.9. The lowest BCUT2D eigenvalue weighted by molar-refractivity contribution is -0.119. The van der Waals surface area contributed by atoms with Crippen LogP contribution in [-0.4, -0.2) is 47.4 Å². The third-order valence-corrected chi connectivity index (χ3v) is 4.86.